The summed E-state index contributed by atoms with van der Waals surface area (Å²) in [5.74, 6) is -0.595. The second-order valence-electron chi connectivity index (χ2n) is 2.95. The van der Waals surface area contributed by atoms with Gasteiger partial charge in [-0.05, 0) is 12.1 Å². The van der Waals surface area contributed by atoms with E-state index in [1.807, 2.05) is 0 Å². The maximum atomic E-state index is 10.8. The van der Waals surface area contributed by atoms with Crippen LogP contribution in [0.25, 0.3) is 11.3 Å². The van der Waals surface area contributed by atoms with Crippen LogP contribution in [0.5, 0.6) is 0 Å². The molecule has 2 rings (SSSR count). The maximum Gasteiger partial charge on any atom is 0.287 e. The summed E-state index contributed by atoms with van der Waals surface area (Å²) in [5, 5.41) is 4.35. The average molecular weight is 223 g/mol. The van der Waals surface area contributed by atoms with E-state index >= 15 is 0 Å². The van der Waals surface area contributed by atoms with Crippen molar-refractivity contribution in [1.82, 2.24) is 5.16 Å². The van der Waals surface area contributed by atoms with Crippen molar-refractivity contribution in [3.8, 4) is 11.3 Å². The Hall–Kier alpha value is -1.81. The van der Waals surface area contributed by atoms with Crippen LogP contribution in [0.15, 0.2) is 34.9 Å². The summed E-state index contributed by atoms with van der Waals surface area (Å²) in [5.41, 5.74) is 6.41. The highest BCUT2D eigenvalue weighted by Gasteiger charge is 2.10. The summed E-state index contributed by atoms with van der Waals surface area (Å²) in [6.45, 7) is 0. The molecule has 1 aromatic heterocycles. The predicted octanol–water partition coefficient (Wildman–Crippen LogP) is 2.09. The average Bonchev–Trinajstić information content (AvgIpc) is 2.68. The molecule has 2 N–H and O–H groups in total. The number of hydrogen-bond donors (Lipinski definition) is 1. The fraction of sp³-hybridized carbons (Fsp3) is 0. The lowest BCUT2D eigenvalue weighted by Crippen LogP contribution is -2.09. The lowest BCUT2D eigenvalue weighted by Gasteiger charge is -1.93. The first kappa shape index (κ1) is 9.73. The molecule has 2 aromatic rings. The minimum absolute atomic E-state index is 0.0416. The minimum Gasteiger partial charge on any atom is -0.363 e. The van der Waals surface area contributed by atoms with Gasteiger partial charge in [0, 0.05) is 16.7 Å². The van der Waals surface area contributed by atoms with Crippen LogP contribution in [-0.4, -0.2) is 11.1 Å². The summed E-state index contributed by atoms with van der Waals surface area (Å²) in [7, 11) is 0. The number of carbonyl (C=O) groups excluding carboxylic acids is 1. The van der Waals surface area contributed by atoms with Crippen molar-refractivity contribution < 1.29 is 9.32 Å². The fourth-order valence-electron chi connectivity index (χ4n) is 1.15. The Balaban J connectivity index is 2.37. The first-order valence-electron chi connectivity index (χ1n) is 4.19. The normalized spacial score (nSPS) is 10.2. The van der Waals surface area contributed by atoms with Crippen molar-refractivity contribution in [2.75, 3.05) is 0 Å². The molecule has 0 spiro atoms. The van der Waals surface area contributed by atoms with Crippen molar-refractivity contribution in [3.63, 3.8) is 0 Å². The van der Waals surface area contributed by atoms with E-state index in [2.05, 4.69) is 5.16 Å². The second kappa shape index (κ2) is 3.74. The molecule has 0 radical (unpaired) electrons. The number of halogens is 1. The van der Waals surface area contributed by atoms with Gasteiger partial charge in [-0.2, -0.15) is 0 Å². The number of rotatable bonds is 2. The zero-order valence-corrected chi connectivity index (χ0v) is 8.36. The highest BCUT2D eigenvalue weighted by Crippen LogP contribution is 2.20. The van der Waals surface area contributed by atoms with Gasteiger partial charge in [0.1, 0.15) is 5.69 Å². The maximum absolute atomic E-state index is 10.8. The molecule has 0 aliphatic rings. The van der Waals surface area contributed by atoms with Gasteiger partial charge in [0.25, 0.3) is 5.91 Å². The number of hydrogen-bond acceptors (Lipinski definition) is 3. The van der Waals surface area contributed by atoms with Crippen molar-refractivity contribution in [2.45, 2.75) is 0 Å². The van der Waals surface area contributed by atoms with Gasteiger partial charge in [-0.1, -0.05) is 28.9 Å². The molecule has 5 heteroatoms. The van der Waals surface area contributed by atoms with E-state index in [4.69, 9.17) is 21.9 Å². The minimum atomic E-state index is -0.636. The topological polar surface area (TPSA) is 69.1 Å². The Labute approximate surface area is 90.6 Å². The van der Waals surface area contributed by atoms with Crippen molar-refractivity contribution in [3.05, 3.63) is 41.1 Å². The van der Waals surface area contributed by atoms with Gasteiger partial charge < -0.3 is 10.3 Å². The van der Waals surface area contributed by atoms with Gasteiger partial charge in [0.05, 0.1) is 0 Å². The molecule has 0 bridgehead atoms. The largest absolute Gasteiger partial charge is 0.363 e. The summed E-state index contributed by atoms with van der Waals surface area (Å²) < 4.78 is 4.75. The zero-order chi connectivity index (χ0) is 10.8. The monoisotopic (exact) mass is 222 g/mol. The lowest BCUT2D eigenvalue weighted by atomic mass is 10.1. The highest BCUT2D eigenvalue weighted by atomic mass is 35.5. The van der Waals surface area contributed by atoms with Crippen LogP contribution in [0, 0.1) is 0 Å². The van der Waals surface area contributed by atoms with Crippen LogP contribution >= 0.6 is 11.6 Å². The van der Waals surface area contributed by atoms with E-state index in [-0.39, 0.29) is 5.76 Å². The summed E-state index contributed by atoms with van der Waals surface area (Å²) >= 11 is 5.74. The molecule has 76 valence electrons. The van der Waals surface area contributed by atoms with Crippen molar-refractivity contribution in [1.29, 1.82) is 0 Å². The Morgan fingerprint density at radius 1 is 1.33 bits per heavy atom. The zero-order valence-electron chi connectivity index (χ0n) is 7.61. The van der Waals surface area contributed by atoms with Gasteiger partial charge in [0.15, 0.2) is 0 Å². The molecule has 1 aromatic carbocycles. The Morgan fingerprint density at radius 2 is 2.00 bits per heavy atom. The molecule has 0 saturated heterocycles. The van der Waals surface area contributed by atoms with E-state index in [1.54, 1.807) is 24.3 Å². The van der Waals surface area contributed by atoms with Crippen LogP contribution in [-0.2, 0) is 0 Å². The van der Waals surface area contributed by atoms with Crippen molar-refractivity contribution in [2.24, 2.45) is 5.73 Å². The number of amides is 1. The number of benzene rings is 1. The van der Waals surface area contributed by atoms with Gasteiger partial charge >= 0.3 is 0 Å². The third kappa shape index (κ3) is 1.99. The summed E-state index contributed by atoms with van der Waals surface area (Å²) in [4.78, 5) is 10.8. The molecule has 0 aliphatic carbocycles. The molecule has 0 atom stereocenters. The molecule has 15 heavy (non-hydrogen) atoms. The molecule has 4 nitrogen and oxygen atoms in total. The van der Waals surface area contributed by atoms with Gasteiger partial charge in [-0.25, -0.2) is 0 Å². The number of carbonyl (C=O) groups is 1. The van der Waals surface area contributed by atoms with Crippen LogP contribution in [0.4, 0.5) is 0 Å². The molecular weight excluding hydrogens is 216 g/mol. The standard InChI is InChI=1S/C10H7ClN2O2/c11-7-3-1-6(2-4-7)8-5-9(10(12)14)15-13-8/h1-5H,(H2,12,14). The molecule has 1 heterocycles. The van der Waals surface area contributed by atoms with Crippen LogP contribution < -0.4 is 5.73 Å². The van der Waals surface area contributed by atoms with Gasteiger partial charge in [0.2, 0.25) is 5.76 Å². The number of nitrogens with two attached hydrogens (primary N) is 1. The van der Waals surface area contributed by atoms with Crippen molar-refractivity contribution >= 4 is 17.5 Å². The van der Waals surface area contributed by atoms with E-state index in [1.165, 1.54) is 6.07 Å². The van der Waals surface area contributed by atoms with Crippen LogP contribution in [0.1, 0.15) is 10.6 Å². The third-order valence-electron chi connectivity index (χ3n) is 1.89. The molecule has 0 saturated carbocycles. The van der Waals surface area contributed by atoms with Gasteiger partial charge in [-0.15, -0.1) is 0 Å². The fourth-order valence-corrected chi connectivity index (χ4v) is 1.27. The molecule has 0 fully saturated rings. The van der Waals surface area contributed by atoms with E-state index in [0.29, 0.717) is 10.7 Å². The van der Waals surface area contributed by atoms with E-state index in [0.717, 1.165) is 5.56 Å². The first-order chi connectivity index (χ1) is 7.16. The van der Waals surface area contributed by atoms with E-state index < -0.39 is 5.91 Å². The highest BCUT2D eigenvalue weighted by molar-refractivity contribution is 6.30. The second-order valence-corrected chi connectivity index (χ2v) is 3.38. The number of primary amides is 1. The third-order valence-corrected chi connectivity index (χ3v) is 2.14. The number of nitrogens with zero attached hydrogens (tertiary/aromatic N) is 1. The number of aromatic nitrogens is 1. The SMILES string of the molecule is NC(=O)c1cc(-c2ccc(Cl)cc2)no1. The van der Waals surface area contributed by atoms with Crippen LogP contribution in [0.2, 0.25) is 5.02 Å². The molecular formula is C10H7ClN2O2. The quantitative estimate of drug-likeness (QED) is 0.846. The molecule has 0 aliphatic heterocycles. The molecule has 1 amide bonds. The Kier molecular flexibility index (Phi) is 2.43. The predicted molar refractivity (Wildman–Crippen MR) is 55.5 cm³/mol. The Morgan fingerprint density at radius 3 is 2.53 bits per heavy atom. The Bertz CT molecular complexity index is 490. The van der Waals surface area contributed by atoms with Crippen LogP contribution in [0.3, 0.4) is 0 Å². The summed E-state index contributed by atoms with van der Waals surface area (Å²) in [6, 6.07) is 8.52. The molecule has 0 unspecified atom stereocenters. The first-order valence-corrected chi connectivity index (χ1v) is 4.57. The van der Waals surface area contributed by atoms with Gasteiger partial charge in [-0.3, -0.25) is 4.79 Å². The smallest absolute Gasteiger partial charge is 0.287 e. The van der Waals surface area contributed by atoms with E-state index in [9.17, 15) is 4.79 Å². The summed E-state index contributed by atoms with van der Waals surface area (Å²) in [6.07, 6.45) is 0. The lowest BCUT2D eigenvalue weighted by molar-refractivity contribution is 0.0965.